The van der Waals surface area contributed by atoms with E-state index in [4.69, 9.17) is 17.3 Å². The third-order valence-corrected chi connectivity index (χ3v) is 3.40. The quantitative estimate of drug-likeness (QED) is 0.651. The molecule has 18 heavy (non-hydrogen) atoms. The molecule has 0 unspecified atom stereocenters. The fourth-order valence-electron chi connectivity index (χ4n) is 2.27. The fraction of sp³-hybridized carbons (Fsp3) is 0.583. The molecule has 6 heteroatoms. The SMILES string of the molecule is NC(=O)c1cnc(Cl)nc1NC1CCCCCC1. The molecule has 0 atom stereocenters. The highest BCUT2D eigenvalue weighted by atomic mass is 35.5. The zero-order chi connectivity index (χ0) is 13.0. The minimum Gasteiger partial charge on any atom is -0.367 e. The van der Waals surface area contributed by atoms with Crippen molar-refractivity contribution in [1.29, 1.82) is 0 Å². The van der Waals surface area contributed by atoms with Gasteiger partial charge in [0.25, 0.3) is 5.91 Å². The Balaban J connectivity index is 2.15. The molecule has 0 saturated heterocycles. The summed E-state index contributed by atoms with van der Waals surface area (Å²) < 4.78 is 0. The Hall–Kier alpha value is -1.36. The first-order valence-corrected chi connectivity index (χ1v) is 6.63. The van der Waals surface area contributed by atoms with E-state index in [1.54, 1.807) is 0 Å². The molecule has 1 saturated carbocycles. The van der Waals surface area contributed by atoms with Gasteiger partial charge in [-0.3, -0.25) is 4.79 Å². The van der Waals surface area contributed by atoms with Crippen molar-refractivity contribution in [2.45, 2.75) is 44.6 Å². The monoisotopic (exact) mass is 268 g/mol. The summed E-state index contributed by atoms with van der Waals surface area (Å²) in [5, 5.41) is 3.40. The van der Waals surface area contributed by atoms with E-state index in [0.717, 1.165) is 12.8 Å². The summed E-state index contributed by atoms with van der Waals surface area (Å²) in [5.74, 6) is -0.0859. The van der Waals surface area contributed by atoms with Crippen LogP contribution >= 0.6 is 11.6 Å². The number of halogens is 1. The second kappa shape index (κ2) is 6.00. The second-order valence-electron chi connectivity index (χ2n) is 4.60. The van der Waals surface area contributed by atoms with Crippen molar-refractivity contribution < 1.29 is 4.79 Å². The van der Waals surface area contributed by atoms with Crippen molar-refractivity contribution in [3.05, 3.63) is 17.0 Å². The summed E-state index contributed by atoms with van der Waals surface area (Å²) in [7, 11) is 0. The van der Waals surface area contributed by atoms with Crippen molar-refractivity contribution in [2.24, 2.45) is 5.73 Å². The van der Waals surface area contributed by atoms with Gasteiger partial charge in [0.05, 0.1) is 5.56 Å². The van der Waals surface area contributed by atoms with Crippen LogP contribution in [0.5, 0.6) is 0 Å². The van der Waals surface area contributed by atoms with Crippen molar-refractivity contribution in [2.75, 3.05) is 5.32 Å². The van der Waals surface area contributed by atoms with E-state index in [1.165, 1.54) is 31.9 Å². The number of amides is 1. The maximum absolute atomic E-state index is 11.3. The summed E-state index contributed by atoms with van der Waals surface area (Å²) in [6.45, 7) is 0. The van der Waals surface area contributed by atoms with Gasteiger partial charge in [0.2, 0.25) is 5.28 Å². The Morgan fingerprint density at radius 2 is 2.00 bits per heavy atom. The zero-order valence-corrected chi connectivity index (χ0v) is 10.9. The van der Waals surface area contributed by atoms with Crippen LogP contribution in [0.3, 0.4) is 0 Å². The van der Waals surface area contributed by atoms with Gasteiger partial charge < -0.3 is 11.1 Å². The maximum atomic E-state index is 11.3. The van der Waals surface area contributed by atoms with Gasteiger partial charge in [0.15, 0.2) is 0 Å². The zero-order valence-electron chi connectivity index (χ0n) is 10.2. The van der Waals surface area contributed by atoms with Gasteiger partial charge in [0, 0.05) is 12.2 Å². The Kier molecular flexibility index (Phi) is 4.36. The highest BCUT2D eigenvalue weighted by Crippen LogP contribution is 2.22. The number of carbonyl (C=O) groups is 1. The van der Waals surface area contributed by atoms with E-state index in [0.29, 0.717) is 17.4 Å². The molecule has 98 valence electrons. The van der Waals surface area contributed by atoms with Crippen LogP contribution in [0, 0.1) is 0 Å². The predicted molar refractivity (Wildman–Crippen MR) is 70.7 cm³/mol. The predicted octanol–water partition coefficient (Wildman–Crippen LogP) is 2.36. The Bertz CT molecular complexity index is 430. The van der Waals surface area contributed by atoms with Gasteiger partial charge in [0.1, 0.15) is 5.82 Å². The molecule has 1 heterocycles. The third-order valence-electron chi connectivity index (χ3n) is 3.22. The van der Waals surface area contributed by atoms with Crippen LogP contribution in [0.2, 0.25) is 5.28 Å². The van der Waals surface area contributed by atoms with Crippen LogP contribution in [-0.4, -0.2) is 21.9 Å². The van der Waals surface area contributed by atoms with Gasteiger partial charge in [-0.25, -0.2) is 4.98 Å². The Morgan fingerprint density at radius 1 is 1.33 bits per heavy atom. The molecule has 5 nitrogen and oxygen atoms in total. The maximum Gasteiger partial charge on any atom is 0.254 e. The average molecular weight is 269 g/mol. The number of anilines is 1. The number of hydrogen-bond acceptors (Lipinski definition) is 4. The Labute approximate surface area is 111 Å². The smallest absolute Gasteiger partial charge is 0.254 e. The van der Waals surface area contributed by atoms with E-state index in [2.05, 4.69) is 15.3 Å². The van der Waals surface area contributed by atoms with Gasteiger partial charge in [-0.1, -0.05) is 25.7 Å². The summed E-state index contributed by atoms with van der Waals surface area (Å²) in [5.41, 5.74) is 5.59. The van der Waals surface area contributed by atoms with Crippen LogP contribution in [-0.2, 0) is 0 Å². The highest BCUT2D eigenvalue weighted by Gasteiger charge is 2.17. The first-order chi connectivity index (χ1) is 8.66. The third kappa shape index (κ3) is 3.32. The van der Waals surface area contributed by atoms with Gasteiger partial charge >= 0.3 is 0 Å². The van der Waals surface area contributed by atoms with Crippen molar-refractivity contribution in [3.63, 3.8) is 0 Å². The lowest BCUT2D eigenvalue weighted by Gasteiger charge is -2.18. The molecule has 1 fully saturated rings. The van der Waals surface area contributed by atoms with Crippen molar-refractivity contribution in [1.82, 2.24) is 9.97 Å². The van der Waals surface area contributed by atoms with Crippen LogP contribution in [0.1, 0.15) is 48.9 Å². The van der Waals surface area contributed by atoms with Crippen LogP contribution in [0.15, 0.2) is 6.20 Å². The molecule has 1 amide bonds. The number of nitrogens with zero attached hydrogens (tertiary/aromatic N) is 2. The Morgan fingerprint density at radius 3 is 2.61 bits per heavy atom. The van der Waals surface area contributed by atoms with E-state index in [9.17, 15) is 4.79 Å². The van der Waals surface area contributed by atoms with Crippen molar-refractivity contribution >= 4 is 23.3 Å². The van der Waals surface area contributed by atoms with Crippen LogP contribution in [0.4, 0.5) is 5.82 Å². The summed E-state index contributed by atoms with van der Waals surface area (Å²) in [6, 6.07) is 0.330. The fourth-order valence-corrected chi connectivity index (χ4v) is 2.40. The standard InChI is InChI=1S/C12H17ClN4O/c13-12-15-7-9(10(14)18)11(17-12)16-8-5-3-1-2-4-6-8/h7-8H,1-6H2,(H2,14,18)(H,15,16,17). The molecule has 0 aliphatic heterocycles. The molecule has 0 radical (unpaired) electrons. The van der Waals surface area contributed by atoms with Gasteiger partial charge in [-0.05, 0) is 24.4 Å². The van der Waals surface area contributed by atoms with Gasteiger partial charge in [-0.2, -0.15) is 4.98 Å². The van der Waals surface area contributed by atoms with Gasteiger partial charge in [-0.15, -0.1) is 0 Å². The minimum absolute atomic E-state index is 0.121. The second-order valence-corrected chi connectivity index (χ2v) is 4.94. The summed E-state index contributed by atoms with van der Waals surface area (Å²) >= 11 is 5.76. The molecule has 3 N–H and O–H groups in total. The number of primary amides is 1. The number of nitrogens with one attached hydrogen (secondary N) is 1. The largest absolute Gasteiger partial charge is 0.367 e. The lowest BCUT2D eigenvalue weighted by atomic mass is 10.1. The number of carbonyl (C=O) groups excluding carboxylic acids is 1. The average Bonchev–Trinajstić information content (AvgIpc) is 2.57. The van der Waals surface area contributed by atoms with Crippen molar-refractivity contribution in [3.8, 4) is 0 Å². The summed E-state index contributed by atoms with van der Waals surface area (Å²) in [4.78, 5) is 19.1. The molecule has 1 aliphatic rings. The number of hydrogen-bond donors (Lipinski definition) is 2. The molecule has 1 aliphatic carbocycles. The van der Waals surface area contributed by atoms with E-state index in [1.807, 2.05) is 0 Å². The molecule has 1 aromatic heterocycles. The molecular formula is C12H17ClN4O. The molecule has 0 spiro atoms. The van der Waals surface area contributed by atoms with Crippen LogP contribution < -0.4 is 11.1 Å². The topological polar surface area (TPSA) is 80.9 Å². The number of rotatable bonds is 3. The lowest BCUT2D eigenvalue weighted by Crippen LogP contribution is -2.23. The molecule has 2 rings (SSSR count). The molecular weight excluding hydrogens is 252 g/mol. The normalized spacial score (nSPS) is 17.2. The minimum atomic E-state index is -0.539. The highest BCUT2D eigenvalue weighted by molar-refractivity contribution is 6.28. The lowest BCUT2D eigenvalue weighted by molar-refractivity contribution is 0.100. The summed E-state index contributed by atoms with van der Waals surface area (Å²) in [6.07, 6.45) is 8.47. The number of aromatic nitrogens is 2. The molecule has 0 aromatic carbocycles. The van der Waals surface area contributed by atoms with E-state index in [-0.39, 0.29) is 5.28 Å². The van der Waals surface area contributed by atoms with E-state index < -0.39 is 5.91 Å². The van der Waals surface area contributed by atoms with Crippen LogP contribution in [0.25, 0.3) is 0 Å². The first kappa shape index (κ1) is 13.1. The molecule has 1 aromatic rings. The molecule has 0 bridgehead atoms. The van der Waals surface area contributed by atoms with E-state index >= 15 is 0 Å². The first-order valence-electron chi connectivity index (χ1n) is 6.25. The number of nitrogens with two attached hydrogens (primary N) is 1.